The van der Waals surface area contributed by atoms with Gasteiger partial charge in [-0.05, 0) is 25.1 Å². The zero-order valence-corrected chi connectivity index (χ0v) is 17.9. The standard InChI is InChI=1S/C18H13Cl2FN6O2.H2S/c1-9-8-26(10-2-3-12(19)13(20)4-10)18(29)16-11(5-23-27(9)16)17(28)25-15-7-22-6-14(21)24-15;/h2-7,9H,8H2,1H3,(H,24,25,28);1H2/t9-;/m0./s1. The molecule has 30 heavy (non-hydrogen) atoms. The van der Waals surface area contributed by atoms with Gasteiger partial charge >= 0.3 is 0 Å². The van der Waals surface area contributed by atoms with Crippen molar-refractivity contribution in [1.82, 2.24) is 19.7 Å². The van der Waals surface area contributed by atoms with Gasteiger partial charge in [0.2, 0.25) is 5.95 Å². The highest BCUT2D eigenvalue weighted by Crippen LogP contribution is 2.32. The summed E-state index contributed by atoms with van der Waals surface area (Å²) < 4.78 is 14.7. The van der Waals surface area contributed by atoms with Crippen molar-refractivity contribution >= 4 is 60.0 Å². The second-order valence-electron chi connectivity index (χ2n) is 6.40. The summed E-state index contributed by atoms with van der Waals surface area (Å²) in [5.41, 5.74) is 0.695. The van der Waals surface area contributed by atoms with E-state index in [0.29, 0.717) is 22.3 Å². The Morgan fingerprint density at radius 1 is 1.23 bits per heavy atom. The van der Waals surface area contributed by atoms with E-state index in [4.69, 9.17) is 23.2 Å². The molecule has 0 saturated heterocycles. The lowest BCUT2D eigenvalue weighted by molar-refractivity contribution is 0.0939. The van der Waals surface area contributed by atoms with Crippen molar-refractivity contribution < 1.29 is 14.0 Å². The monoisotopic (exact) mass is 468 g/mol. The van der Waals surface area contributed by atoms with Gasteiger partial charge in [-0.3, -0.25) is 19.3 Å². The molecule has 0 bridgehead atoms. The van der Waals surface area contributed by atoms with Crippen molar-refractivity contribution in [2.45, 2.75) is 13.0 Å². The van der Waals surface area contributed by atoms with Crippen LogP contribution in [-0.4, -0.2) is 38.1 Å². The molecular weight excluding hydrogens is 454 g/mol. The predicted molar refractivity (Wildman–Crippen MR) is 115 cm³/mol. The number of rotatable bonds is 3. The highest BCUT2D eigenvalue weighted by molar-refractivity contribution is 7.59. The van der Waals surface area contributed by atoms with Crippen LogP contribution in [0.2, 0.25) is 10.0 Å². The van der Waals surface area contributed by atoms with E-state index < -0.39 is 17.8 Å². The lowest BCUT2D eigenvalue weighted by atomic mass is 10.1. The Bertz CT molecular complexity index is 1140. The van der Waals surface area contributed by atoms with Crippen LogP contribution in [0.3, 0.4) is 0 Å². The zero-order chi connectivity index (χ0) is 20.7. The average molecular weight is 469 g/mol. The quantitative estimate of drug-likeness (QED) is 0.632. The van der Waals surface area contributed by atoms with Crippen LogP contribution in [0.4, 0.5) is 15.9 Å². The number of carbonyl (C=O) groups is 2. The molecule has 156 valence electrons. The van der Waals surface area contributed by atoms with Crippen LogP contribution < -0.4 is 10.2 Å². The van der Waals surface area contributed by atoms with Gasteiger partial charge in [0.05, 0.1) is 40.2 Å². The summed E-state index contributed by atoms with van der Waals surface area (Å²) >= 11 is 12.0. The molecule has 3 heterocycles. The fourth-order valence-electron chi connectivity index (χ4n) is 3.09. The third-order valence-corrected chi connectivity index (χ3v) is 5.15. The molecule has 4 rings (SSSR count). The normalized spacial score (nSPS) is 15.4. The minimum atomic E-state index is -0.838. The van der Waals surface area contributed by atoms with Gasteiger partial charge in [0.25, 0.3) is 11.8 Å². The molecule has 0 fully saturated rings. The van der Waals surface area contributed by atoms with Crippen LogP contribution in [0.15, 0.2) is 36.8 Å². The Morgan fingerprint density at radius 3 is 2.70 bits per heavy atom. The number of amides is 2. The third-order valence-electron chi connectivity index (χ3n) is 4.41. The fourth-order valence-corrected chi connectivity index (χ4v) is 3.38. The molecule has 3 aromatic rings. The summed E-state index contributed by atoms with van der Waals surface area (Å²) in [6.07, 6.45) is 3.41. The van der Waals surface area contributed by atoms with E-state index in [9.17, 15) is 14.0 Å². The first-order valence-corrected chi connectivity index (χ1v) is 9.24. The van der Waals surface area contributed by atoms with Crippen LogP contribution in [0.5, 0.6) is 0 Å². The van der Waals surface area contributed by atoms with Gasteiger partial charge in [-0.25, -0.2) is 0 Å². The molecule has 0 saturated carbocycles. The molecular formula is C18H15Cl2FN6O2S. The number of hydrogen-bond donors (Lipinski definition) is 1. The summed E-state index contributed by atoms with van der Waals surface area (Å²) in [7, 11) is 0. The first kappa shape index (κ1) is 22.0. The van der Waals surface area contributed by atoms with E-state index in [1.54, 1.807) is 18.2 Å². The van der Waals surface area contributed by atoms with Crippen LogP contribution in [-0.2, 0) is 0 Å². The van der Waals surface area contributed by atoms with E-state index in [1.807, 2.05) is 6.92 Å². The first-order chi connectivity index (χ1) is 13.8. The highest BCUT2D eigenvalue weighted by atomic mass is 35.5. The maximum absolute atomic E-state index is 13.2. The van der Waals surface area contributed by atoms with Gasteiger partial charge in [-0.1, -0.05) is 23.2 Å². The molecule has 0 spiro atoms. The molecule has 2 aromatic heterocycles. The summed E-state index contributed by atoms with van der Waals surface area (Å²) in [5, 5.41) is 7.29. The lowest BCUT2D eigenvalue weighted by Crippen LogP contribution is -2.43. The lowest BCUT2D eigenvalue weighted by Gasteiger charge is -2.32. The van der Waals surface area contributed by atoms with Gasteiger partial charge in [-0.2, -0.15) is 28.0 Å². The third kappa shape index (κ3) is 3.98. The Balaban J connectivity index is 0.00000256. The van der Waals surface area contributed by atoms with Crippen LogP contribution in [0.1, 0.15) is 33.8 Å². The van der Waals surface area contributed by atoms with E-state index in [1.165, 1.54) is 22.0 Å². The van der Waals surface area contributed by atoms with Crippen LogP contribution in [0, 0.1) is 5.95 Å². The molecule has 2 amide bonds. The number of nitrogens with one attached hydrogen (secondary N) is 1. The number of carbonyl (C=O) groups excluding carboxylic acids is 2. The average Bonchev–Trinajstić information content (AvgIpc) is 3.13. The molecule has 1 aliphatic rings. The maximum Gasteiger partial charge on any atom is 0.277 e. The van der Waals surface area contributed by atoms with Crippen LogP contribution >= 0.6 is 36.7 Å². The second kappa shape index (κ2) is 8.58. The van der Waals surface area contributed by atoms with Gasteiger partial charge in [0.1, 0.15) is 5.69 Å². The molecule has 1 aromatic carbocycles. The number of nitrogens with zero attached hydrogens (tertiary/aromatic N) is 5. The molecule has 1 atom stereocenters. The van der Waals surface area contributed by atoms with Crippen molar-refractivity contribution in [3.8, 4) is 0 Å². The van der Waals surface area contributed by atoms with Gasteiger partial charge in [0.15, 0.2) is 5.82 Å². The smallest absolute Gasteiger partial charge is 0.277 e. The molecule has 1 N–H and O–H groups in total. The molecule has 0 aliphatic carbocycles. The number of aromatic nitrogens is 4. The topological polar surface area (TPSA) is 93.0 Å². The fraction of sp³-hybridized carbons (Fsp3) is 0.167. The molecule has 1 aliphatic heterocycles. The molecule has 0 unspecified atom stereocenters. The summed E-state index contributed by atoms with van der Waals surface area (Å²) in [6, 6.07) is 4.65. The molecule has 8 nitrogen and oxygen atoms in total. The van der Waals surface area contributed by atoms with Gasteiger partial charge in [0, 0.05) is 12.2 Å². The van der Waals surface area contributed by atoms with Crippen LogP contribution in [0.25, 0.3) is 0 Å². The highest BCUT2D eigenvalue weighted by Gasteiger charge is 2.35. The van der Waals surface area contributed by atoms with Crippen molar-refractivity contribution in [2.75, 3.05) is 16.8 Å². The summed E-state index contributed by atoms with van der Waals surface area (Å²) in [4.78, 5) is 34.5. The number of hydrogen-bond acceptors (Lipinski definition) is 5. The van der Waals surface area contributed by atoms with Crippen molar-refractivity contribution in [3.63, 3.8) is 0 Å². The van der Waals surface area contributed by atoms with Crippen molar-refractivity contribution in [2.24, 2.45) is 0 Å². The first-order valence-electron chi connectivity index (χ1n) is 8.48. The SMILES string of the molecule is C[C@H]1CN(c2ccc(Cl)c(Cl)c2)C(=O)c2c(C(=O)Nc3cncc(F)n3)cnn21.S. The van der Waals surface area contributed by atoms with E-state index in [2.05, 4.69) is 20.4 Å². The summed E-state index contributed by atoms with van der Waals surface area (Å²) in [5.74, 6) is -1.99. The predicted octanol–water partition coefficient (Wildman–Crippen LogP) is 3.71. The van der Waals surface area contributed by atoms with Crippen molar-refractivity contribution in [1.29, 1.82) is 0 Å². The number of benzene rings is 1. The minimum Gasteiger partial charge on any atom is -0.305 e. The molecule has 12 heteroatoms. The van der Waals surface area contributed by atoms with Gasteiger partial charge < -0.3 is 10.2 Å². The summed E-state index contributed by atoms with van der Waals surface area (Å²) in [6.45, 7) is 2.20. The Kier molecular flexibility index (Phi) is 6.30. The van der Waals surface area contributed by atoms with E-state index in [-0.39, 0.29) is 36.6 Å². The Morgan fingerprint density at radius 2 is 2.00 bits per heavy atom. The minimum absolute atomic E-state index is 0. The number of halogens is 3. The zero-order valence-electron chi connectivity index (χ0n) is 15.4. The number of anilines is 2. The van der Waals surface area contributed by atoms with Gasteiger partial charge in [-0.15, -0.1) is 0 Å². The number of fused-ring (bicyclic) bond motifs is 1. The van der Waals surface area contributed by atoms with E-state index in [0.717, 1.165) is 6.20 Å². The Hall–Kier alpha value is -2.69. The second-order valence-corrected chi connectivity index (χ2v) is 7.21. The van der Waals surface area contributed by atoms with Crippen molar-refractivity contribution in [3.05, 3.63) is 64.0 Å². The van der Waals surface area contributed by atoms with E-state index >= 15 is 0 Å². The Labute approximate surface area is 187 Å². The largest absolute Gasteiger partial charge is 0.305 e. The maximum atomic E-state index is 13.2. The molecule has 0 radical (unpaired) electrons.